The average molecular weight is 276 g/mol. The molecule has 0 aromatic heterocycles. The van der Waals surface area contributed by atoms with Gasteiger partial charge in [0.1, 0.15) is 9.84 Å². The maximum absolute atomic E-state index is 11.1. The van der Waals surface area contributed by atoms with E-state index < -0.39 is 9.84 Å². The third kappa shape index (κ3) is 6.16. The number of likely N-dealkylation sites (tertiary alicyclic amines) is 1. The van der Waals surface area contributed by atoms with Crippen LogP contribution in [-0.4, -0.2) is 57.5 Å². The number of hydrogen-bond donors (Lipinski definition) is 1. The maximum atomic E-state index is 11.1. The monoisotopic (exact) mass is 276 g/mol. The van der Waals surface area contributed by atoms with E-state index in [1.165, 1.54) is 19.1 Å². The van der Waals surface area contributed by atoms with Crippen molar-refractivity contribution in [2.24, 2.45) is 5.92 Å². The van der Waals surface area contributed by atoms with Crippen LogP contribution in [0.2, 0.25) is 0 Å². The van der Waals surface area contributed by atoms with E-state index in [1.54, 1.807) is 0 Å². The molecule has 0 bridgehead atoms. The summed E-state index contributed by atoms with van der Waals surface area (Å²) in [4.78, 5) is 2.40. The summed E-state index contributed by atoms with van der Waals surface area (Å²) < 4.78 is 22.2. The fourth-order valence-corrected chi connectivity index (χ4v) is 3.27. The minimum atomic E-state index is -2.80. The van der Waals surface area contributed by atoms with Crippen molar-refractivity contribution >= 4 is 9.84 Å². The molecule has 0 spiro atoms. The molecule has 1 heterocycles. The smallest absolute Gasteiger partial charge is 0.147 e. The highest BCUT2D eigenvalue weighted by Gasteiger charge is 2.25. The molecule has 1 aliphatic heterocycles. The van der Waals surface area contributed by atoms with Gasteiger partial charge < -0.3 is 10.2 Å². The highest BCUT2D eigenvalue weighted by Crippen LogP contribution is 2.17. The van der Waals surface area contributed by atoms with Gasteiger partial charge in [-0.1, -0.05) is 13.8 Å². The van der Waals surface area contributed by atoms with Gasteiger partial charge >= 0.3 is 0 Å². The second-order valence-corrected chi connectivity index (χ2v) is 7.87. The summed E-state index contributed by atoms with van der Waals surface area (Å²) in [6.07, 6.45) is 4.44. The molecule has 18 heavy (non-hydrogen) atoms. The van der Waals surface area contributed by atoms with E-state index in [4.69, 9.17) is 0 Å². The Morgan fingerprint density at radius 3 is 2.67 bits per heavy atom. The average Bonchev–Trinajstić information content (AvgIpc) is 2.26. The lowest BCUT2D eigenvalue weighted by Gasteiger charge is -2.37. The number of nitrogens with zero attached hydrogens (tertiary/aromatic N) is 1. The molecular formula is C13H28N2O2S. The molecule has 0 amide bonds. The van der Waals surface area contributed by atoms with Crippen molar-refractivity contribution in [1.82, 2.24) is 10.2 Å². The van der Waals surface area contributed by atoms with E-state index in [0.717, 1.165) is 32.6 Å². The van der Waals surface area contributed by atoms with Gasteiger partial charge in [0.05, 0.1) is 5.75 Å². The lowest BCUT2D eigenvalue weighted by molar-refractivity contribution is 0.148. The molecule has 2 unspecified atom stereocenters. The summed E-state index contributed by atoms with van der Waals surface area (Å²) in [6.45, 7) is 8.68. The predicted molar refractivity (Wildman–Crippen MR) is 76.6 cm³/mol. The molecule has 1 N–H and O–H groups in total. The molecule has 0 aliphatic carbocycles. The zero-order valence-electron chi connectivity index (χ0n) is 12.0. The first-order chi connectivity index (χ1) is 8.42. The molecule has 1 rings (SSSR count). The van der Waals surface area contributed by atoms with Crippen LogP contribution < -0.4 is 5.32 Å². The Bertz CT molecular complexity index is 330. The first-order valence-electron chi connectivity index (χ1n) is 7.06. The van der Waals surface area contributed by atoms with Gasteiger partial charge in [0.25, 0.3) is 0 Å². The standard InChI is InChI=1S/C13H28N2O2S/c1-4-7-14-13-6-9-15(11-12(13)2)8-5-10-18(3,16)17/h12-14H,4-11H2,1-3H3. The van der Waals surface area contributed by atoms with Crippen molar-refractivity contribution in [1.29, 1.82) is 0 Å². The molecule has 1 saturated heterocycles. The Balaban J connectivity index is 2.24. The van der Waals surface area contributed by atoms with Crippen molar-refractivity contribution in [2.75, 3.05) is 38.2 Å². The summed E-state index contributed by atoms with van der Waals surface area (Å²) in [5, 5.41) is 3.60. The molecule has 1 aliphatic rings. The lowest BCUT2D eigenvalue weighted by Crippen LogP contribution is -2.48. The third-order valence-electron chi connectivity index (χ3n) is 3.64. The van der Waals surface area contributed by atoms with Gasteiger partial charge in [-0.05, 0) is 44.8 Å². The van der Waals surface area contributed by atoms with Crippen molar-refractivity contribution in [3.8, 4) is 0 Å². The number of hydrogen-bond acceptors (Lipinski definition) is 4. The van der Waals surface area contributed by atoms with E-state index in [1.807, 2.05) is 0 Å². The summed E-state index contributed by atoms with van der Waals surface area (Å²) in [6, 6.07) is 0.635. The van der Waals surface area contributed by atoms with E-state index in [2.05, 4.69) is 24.1 Å². The van der Waals surface area contributed by atoms with Crippen LogP contribution in [0.4, 0.5) is 0 Å². The molecule has 0 aromatic carbocycles. The minimum Gasteiger partial charge on any atom is -0.314 e. The van der Waals surface area contributed by atoms with Crippen LogP contribution in [-0.2, 0) is 9.84 Å². The fraction of sp³-hybridized carbons (Fsp3) is 1.00. The van der Waals surface area contributed by atoms with E-state index in [9.17, 15) is 8.42 Å². The molecular weight excluding hydrogens is 248 g/mol. The Hall–Kier alpha value is -0.130. The maximum Gasteiger partial charge on any atom is 0.147 e. The number of nitrogens with one attached hydrogen (secondary N) is 1. The number of piperidine rings is 1. The van der Waals surface area contributed by atoms with Crippen molar-refractivity contribution < 1.29 is 8.42 Å². The topological polar surface area (TPSA) is 49.4 Å². The molecule has 108 valence electrons. The molecule has 0 radical (unpaired) electrons. The second-order valence-electron chi connectivity index (χ2n) is 5.61. The predicted octanol–water partition coefficient (Wildman–Crippen LogP) is 1.13. The SMILES string of the molecule is CCCNC1CCN(CCCS(C)(=O)=O)CC1C. The Kier molecular flexibility index (Phi) is 6.60. The number of rotatable bonds is 7. The molecule has 4 nitrogen and oxygen atoms in total. The van der Waals surface area contributed by atoms with Crippen LogP contribution in [0.1, 0.15) is 33.1 Å². The second kappa shape index (κ2) is 7.46. The molecule has 0 aromatic rings. The summed E-state index contributed by atoms with van der Waals surface area (Å²) >= 11 is 0. The summed E-state index contributed by atoms with van der Waals surface area (Å²) in [5.41, 5.74) is 0. The quantitative estimate of drug-likeness (QED) is 0.757. The zero-order chi connectivity index (χ0) is 13.6. The van der Waals surface area contributed by atoms with Gasteiger partial charge in [-0.25, -0.2) is 8.42 Å². The van der Waals surface area contributed by atoms with Gasteiger partial charge in [0, 0.05) is 18.8 Å². The van der Waals surface area contributed by atoms with E-state index >= 15 is 0 Å². The van der Waals surface area contributed by atoms with Gasteiger partial charge in [-0.2, -0.15) is 0 Å². The first-order valence-corrected chi connectivity index (χ1v) is 9.12. The van der Waals surface area contributed by atoms with Gasteiger partial charge in [-0.3, -0.25) is 0 Å². The fourth-order valence-electron chi connectivity index (χ4n) is 2.62. The molecule has 2 atom stereocenters. The third-order valence-corrected chi connectivity index (χ3v) is 4.67. The normalized spacial score (nSPS) is 26.4. The number of sulfone groups is 1. The van der Waals surface area contributed by atoms with Crippen molar-refractivity contribution in [2.45, 2.75) is 39.2 Å². The molecule has 1 fully saturated rings. The van der Waals surface area contributed by atoms with Crippen LogP contribution in [0.5, 0.6) is 0 Å². The van der Waals surface area contributed by atoms with Crippen LogP contribution >= 0.6 is 0 Å². The minimum absolute atomic E-state index is 0.315. The molecule has 5 heteroatoms. The van der Waals surface area contributed by atoms with E-state index in [0.29, 0.717) is 17.7 Å². The van der Waals surface area contributed by atoms with Crippen LogP contribution in [0, 0.1) is 5.92 Å². The summed E-state index contributed by atoms with van der Waals surface area (Å²) in [5.74, 6) is 0.971. The highest BCUT2D eigenvalue weighted by atomic mass is 32.2. The Morgan fingerprint density at radius 1 is 1.39 bits per heavy atom. The largest absolute Gasteiger partial charge is 0.314 e. The van der Waals surface area contributed by atoms with Gasteiger partial charge in [0.15, 0.2) is 0 Å². The Labute approximate surface area is 112 Å². The van der Waals surface area contributed by atoms with Gasteiger partial charge in [0.2, 0.25) is 0 Å². The van der Waals surface area contributed by atoms with Crippen LogP contribution in [0.15, 0.2) is 0 Å². The van der Waals surface area contributed by atoms with Crippen LogP contribution in [0.3, 0.4) is 0 Å². The lowest BCUT2D eigenvalue weighted by atomic mass is 9.93. The van der Waals surface area contributed by atoms with Crippen LogP contribution in [0.25, 0.3) is 0 Å². The van der Waals surface area contributed by atoms with Crippen molar-refractivity contribution in [3.05, 3.63) is 0 Å². The van der Waals surface area contributed by atoms with Gasteiger partial charge in [-0.15, -0.1) is 0 Å². The first kappa shape index (κ1) is 15.9. The Morgan fingerprint density at radius 2 is 2.11 bits per heavy atom. The zero-order valence-corrected chi connectivity index (χ0v) is 12.8. The van der Waals surface area contributed by atoms with Crippen molar-refractivity contribution in [3.63, 3.8) is 0 Å². The summed E-state index contributed by atoms with van der Waals surface area (Å²) in [7, 11) is -2.80. The molecule has 0 saturated carbocycles. The highest BCUT2D eigenvalue weighted by molar-refractivity contribution is 7.90. The van der Waals surface area contributed by atoms with E-state index in [-0.39, 0.29) is 0 Å².